The Morgan fingerprint density at radius 3 is 2.81 bits per heavy atom. The van der Waals surface area contributed by atoms with Crippen LogP contribution < -0.4 is 0 Å². The number of ether oxygens (including phenoxy) is 1. The third-order valence-corrected chi connectivity index (χ3v) is 3.27. The van der Waals surface area contributed by atoms with Crippen LogP contribution in [0, 0.1) is 6.92 Å². The lowest BCUT2D eigenvalue weighted by atomic mass is 10.0. The lowest BCUT2D eigenvalue weighted by Crippen LogP contribution is -2.32. The van der Waals surface area contributed by atoms with Crippen LogP contribution in [0.3, 0.4) is 0 Å². The Morgan fingerprint density at radius 2 is 2.19 bits per heavy atom. The number of esters is 1. The molecule has 2 heteroatoms. The molecule has 0 spiro atoms. The van der Waals surface area contributed by atoms with Gasteiger partial charge in [-0.25, -0.2) is 0 Å². The predicted octanol–water partition coefficient (Wildman–Crippen LogP) is 2.81. The van der Waals surface area contributed by atoms with Crippen molar-refractivity contribution in [1.82, 2.24) is 0 Å². The highest BCUT2D eigenvalue weighted by atomic mass is 16.6. The topological polar surface area (TPSA) is 26.3 Å². The quantitative estimate of drug-likeness (QED) is 0.713. The van der Waals surface area contributed by atoms with E-state index in [2.05, 4.69) is 25.1 Å². The molecule has 0 saturated heterocycles. The fourth-order valence-electron chi connectivity index (χ4n) is 2.44. The molecule has 0 amide bonds. The molecule has 1 unspecified atom stereocenters. The van der Waals surface area contributed by atoms with Gasteiger partial charge in [-0.3, -0.25) is 4.79 Å². The summed E-state index contributed by atoms with van der Waals surface area (Å²) >= 11 is 0. The van der Waals surface area contributed by atoms with Crippen molar-refractivity contribution < 1.29 is 9.53 Å². The van der Waals surface area contributed by atoms with Crippen LogP contribution in [0.25, 0.3) is 0 Å². The molecule has 1 aromatic rings. The average molecular weight is 218 g/mol. The molecule has 0 bridgehead atoms. The maximum Gasteiger partial charge on any atom is 0.306 e. The van der Waals surface area contributed by atoms with E-state index in [0.29, 0.717) is 6.42 Å². The number of hydrogen-bond donors (Lipinski definition) is 0. The Hall–Kier alpha value is -1.31. The Labute approximate surface area is 96.6 Å². The molecule has 1 atom stereocenters. The maximum absolute atomic E-state index is 11.4. The first kappa shape index (κ1) is 11.2. The second-order valence-corrected chi connectivity index (χ2v) is 4.84. The van der Waals surface area contributed by atoms with E-state index in [-0.39, 0.29) is 11.6 Å². The Balaban J connectivity index is 2.21. The normalized spacial score (nSPS) is 22.9. The van der Waals surface area contributed by atoms with E-state index in [4.69, 9.17) is 4.74 Å². The van der Waals surface area contributed by atoms with E-state index in [0.717, 1.165) is 12.8 Å². The number of carbonyl (C=O) groups is 1. The highest BCUT2D eigenvalue weighted by Gasteiger charge is 2.36. The van der Waals surface area contributed by atoms with Gasteiger partial charge in [0.05, 0.1) is 0 Å². The number of fused-ring (bicyclic) bond motifs is 1. The first-order valence-electron chi connectivity index (χ1n) is 5.83. The van der Waals surface area contributed by atoms with E-state index in [1.807, 2.05) is 13.8 Å². The van der Waals surface area contributed by atoms with E-state index in [1.54, 1.807) is 0 Å². The molecule has 86 valence electrons. The molecule has 0 radical (unpaired) electrons. The highest BCUT2D eigenvalue weighted by molar-refractivity contribution is 5.69. The van der Waals surface area contributed by atoms with E-state index >= 15 is 0 Å². The standard InChI is InChI=1S/C14H18O2/c1-4-13(15)16-14(3)8-11-7-5-6-10(2)12(11)9-14/h5-7H,4,8-9H2,1-3H3. The minimum atomic E-state index is -0.332. The van der Waals surface area contributed by atoms with E-state index in [1.165, 1.54) is 16.7 Å². The van der Waals surface area contributed by atoms with Crippen molar-refractivity contribution in [2.45, 2.75) is 45.6 Å². The minimum Gasteiger partial charge on any atom is -0.459 e. The molecule has 1 aromatic carbocycles. The fourth-order valence-corrected chi connectivity index (χ4v) is 2.44. The number of rotatable bonds is 2. The molecular formula is C14H18O2. The highest BCUT2D eigenvalue weighted by Crippen LogP contribution is 2.34. The summed E-state index contributed by atoms with van der Waals surface area (Å²) in [6.45, 7) is 5.98. The summed E-state index contributed by atoms with van der Waals surface area (Å²) in [5.74, 6) is -0.104. The summed E-state index contributed by atoms with van der Waals surface area (Å²) in [6.07, 6.45) is 2.14. The third kappa shape index (κ3) is 1.97. The van der Waals surface area contributed by atoms with Crippen molar-refractivity contribution in [3.05, 3.63) is 34.9 Å². The van der Waals surface area contributed by atoms with Crippen LogP contribution in [-0.2, 0) is 22.4 Å². The first-order chi connectivity index (χ1) is 7.54. The second kappa shape index (κ2) is 3.93. The number of carbonyl (C=O) groups excluding carboxylic acids is 1. The fraction of sp³-hybridized carbons (Fsp3) is 0.500. The molecule has 0 heterocycles. The van der Waals surface area contributed by atoms with Crippen molar-refractivity contribution in [2.24, 2.45) is 0 Å². The monoisotopic (exact) mass is 218 g/mol. The number of aryl methyl sites for hydroxylation is 1. The second-order valence-electron chi connectivity index (χ2n) is 4.84. The third-order valence-electron chi connectivity index (χ3n) is 3.27. The van der Waals surface area contributed by atoms with E-state index in [9.17, 15) is 4.79 Å². The van der Waals surface area contributed by atoms with Crippen molar-refractivity contribution in [2.75, 3.05) is 0 Å². The Kier molecular flexibility index (Phi) is 2.75. The maximum atomic E-state index is 11.4. The zero-order chi connectivity index (χ0) is 11.8. The van der Waals surface area contributed by atoms with Crippen molar-refractivity contribution >= 4 is 5.97 Å². The largest absolute Gasteiger partial charge is 0.459 e. The molecule has 2 rings (SSSR count). The van der Waals surface area contributed by atoms with E-state index < -0.39 is 0 Å². The molecule has 0 aromatic heterocycles. The van der Waals surface area contributed by atoms with Gasteiger partial charge < -0.3 is 4.74 Å². The minimum absolute atomic E-state index is 0.104. The summed E-state index contributed by atoms with van der Waals surface area (Å²) in [5.41, 5.74) is 3.65. The van der Waals surface area contributed by atoms with Crippen LogP contribution in [0.5, 0.6) is 0 Å². The van der Waals surface area contributed by atoms with Crippen LogP contribution in [-0.4, -0.2) is 11.6 Å². The SMILES string of the molecule is CCC(=O)OC1(C)Cc2cccc(C)c2C1. The number of benzene rings is 1. The van der Waals surface area contributed by atoms with Gasteiger partial charge in [0.25, 0.3) is 0 Å². The zero-order valence-corrected chi connectivity index (χ0v) is 10.2. The Morgan fingerprint density at radius 1 is 1.44 bits per heavy atom. The van der Waals surface area contributed by atoms with Gasteiger partial charge in [-0.1, -0.05) is 25.1 Å². The van der Waals surface area contributed by atoms with Gasteiger partial charge in [0.15, 0.2) is 0 Å². The molecular weight excluding hydrogens is 200 g/mol. The van der Waals surface area contributed by atoms with Crippen LogP contribution >= 0.6 is 0 Å². The summed E-state index contributed by atoms with van der Waals surface area (Å²) in [4.78, 5) is 11.4. The zero-order valence-electron chi connectivity index (χ0n) is 10.2. The average Bonchev–Trinajstić information content (AvgIpc) is 2.56. The van der Waals surface area contributed by atoms with Crippen LogP contribution in [0.15, 0.2) is 18.2 Å². The van der Waals surface area contributed by atoms with Crippen molar-refractivity contribution in [1.29, 1.82) is 0 Å². The smallest absolute Gasteiger partial charge is 0.306 e. The van der Waals surface area contributed by atoms with Gasteiger partial charge in [-0.2, -0.15) is 0 Å². The van der Waals surface area contributed by atoms with Crippen LogP contribution in [0.4, 0.5) is 0 Å². The van der Waals surface area contributed by atoms with Gasteiger partial charge >= 0.3 is 5.97 Å². The predicted molar refractivity (Wildman–Crippen MR) is 63.4 cm³/mol. The first-order valence-corrected chi connectivity index (χ1v) is 5.83. The van der Waals surface area contributed by atoms with Crippen LogP contribution in [0.2, 0.25) is 0 Å². The van der Waals surface area contributed by atoms with Gasteiger partial charge in [-0.15, -0.1) is 0 Å². The molecule has 2 nitrogen and oxygen atoms in total. The van der Waals surface area contributed by atoms with Gasteiger partial charge in [0.2, 0.25) is 0 Å². The molecule has 0 N–H and O–H groups in total. The molecule has 0 fully saturated rings. The van der Waals surface area contributed by atoms with Gasteiger partial charge in [0.1, 0.15) is 5.60 Å². The van der Waals surface area contributed by atoms with Gasteiger partial charge in [0, 0.05) is 19.3 Å². The summed E-state index contributed by atoms with van der Waals surface area (Å²) in [5, 5.41) is 0. The summed E-state index contributed by atoms with van der Waals surface area (Å²) in [6, 6.07) is 6.32. The van der Waals surface area contributed by atoms with Crippen molar-refractivity contribution in [3.8, 4) is 0 Å². The molecule has 1 aliphatic carbocycles. The molecule has 0 aliphatic heterocycles. The summed E-state index contributed by atoms with van der Waals surface area (Å²) in [7, 11) is 0. The van der Waals surface area contributed by atoms with Crippen molar-refractivity contribution in [3.63, 3.8) is 0 Å². The lowest BCUT2D eigenvalue weighted by molar-refractivity contribution is -0.156. The summed E-state index contributed by atoms with van der Waals surface area (Å²) < 4.78 is 5.55. The Bertz CT molecular complexity index is 423. The molecule has 0 saturated carbocycles. The lowest BCUT2D eigenvalue weighted by Gasteiger charge is -2.24. The van der Waals surface area contributed by atoms with Crippen LogP contribution in [0.1, 0.15) is 37.0 Å². The molecule has 16 heavy (non-hydrogen) atoms. The number of hydrogen-bond acceptors (Lipinski definition) is 2. The van der Waals surface area contributed by atoms with Gasteiger partial charge in [-0.05, 0) is 30.5 Å². The molecule has 1 aliphatic rings.